The number of unbranched alkanes of at least 4 members (excludes halogenated alkanes) is 3. The highest BCUT2D eigenvalue weighted by atomic mass is 35.5. The van der Waals surface area contributed by atoms with Crippen molar-refractivity contribution in [2.45, 2.75) is 39.2 Å². The van der Waals surface area contributed by atoms with E-state index in [-0.39, 0.29) is 0 Å². The molecule has 0 aromatic carbocycles. The molecule has 0 unspecified atom stereocenters. The molecule has 96 valence electrons. The third-order valence-electron chi connectivity index (χ3n) is 2.35. The van der Waals surface area contributed by atoms with Gasteiger partial charge in [-0.2, -0.15) is 0 Å². The van der Waals surface area contributed by atoms with Gasteiger partial charge in [0.15, 0.2) is 5.82 Å². The van der Waals surface area contributed by atoms with Crippen LogP contribution in [-0.4, -0.2) is 23.6 Å². The number of hydrogen-bond acceptors (Lipinski definition) is 4. The van der Waals surface area contributed by atoms with Gasteiger partial charge < -0.3 is 10.1 Å². The summed E-state index contributed by atoms with van der Waals surface area (Å²) in [6.07, 6.45) is 4.92. The number of halogens is 1. The molecule has 1 aromatic heterocycles. The summed E-state index contributed by atoms with van der Waals surface area (Å²) < 4.78 is 4.98. The molecule has 17 heavy (non-hydrogen) atoms. The van der Waals surface area contributed by atoms with Crippen molar-refractivity contribution in [3.63, 3.8) is 0 Å². The lowest BCUT2D eigenvalue weighted by Gasteiger charge is -2.07. The molecule has 0 fully saturated rings. The Hall–Kier alpha value is -0.870. The Kier molecular flexibility index (Phi) is 6.89. The summed E-state index contributed by atoms with van der Waals surface area (Å²) in [4.78, 5) is 8.38. The average molecular weight is 258 g/mol. The van der Waals surface area contributed by atoms with Crippen LogP contribution in [0.5, 0.6) is 0 Å². The Morgan fingerprint density at radius 3 is 2.82 bits per heavy atom. The van der Waals surface area contributed by atoms with Crippen LogP contribution < -0.4 is 5.32 Å². The molecular weight excluding hydrogens is 238 g/mol. The monoisotopic (exact) mass is 257 g/mol. The first-order valence-electron chi connectivity index (χ1n) is 6.02. The molecule has 0 bridgehead atoms. The first-order valence-corrected chi connectivity index (χ1v) is 6.40. The van der Waals surface area contributed by atoms with Gasteiger partial charge in [-0.25, -0.2) is 9.97 Å². The highest BCUT2D eigenvalue weighted by Crippen LogP contribution is 2.12. The SMILES string of the molecule is CCCCCCNc1cc(Cl)nc(COC)n1. The summed E-state index contributed by atoms with van der Waals surface area (Å²) in [5.74, 6) is 1.38. The maximum absolute atomic E-state index is 5.90. The smallest absolute Gasteiger partial charge is 0.158 e. The van der Waals surface area contributed by atoms with Crippen LogP contribution in [0.15, 0.2) is 6.07 Å². The number of nitrogens with zero attached hydrogens (tertiary/aromatic N) is 2. The van der Waals surface area contributed by atoms with Crippen LogP contribution in [0.4, 0.5) is 5.82 Å². The summed E-state index contributed by atoms with van der Waals surface area (Å²) in [5, 5.41) is 3.70. The van der Waals surface area contributed by atoms with E-state index in [1.165, 1.54) is 19.3 Å². The molecule has 4 nitrogen and oxygen atoms in total. The van der Waals surface area contributed by atoms with Crippen molar-refractivity contribution in [1.82, 2.24) is 9.97 Å². The molecule has 0 aliphatic carbocycles. The molecule has 0 aliphatic rings. The molecular formula is C12H20ClN3O. The van der Waals surface area contributed by atoms with Gasteiger partial charge in [-0.1, -0.05) is 37.8 Å². The zero-order chi connectivity index (χ0) is 12.5. The Balaban J connectivity index is 2.41. The largest absolute Gasteiger partial charge is 0.377 e. The second-order valence-corrected chi connectivity index (χ2v) is 4.30. The molecule has 5 heteroatoms. The lowest BCUT2D eigenvalue weighted by molar-refractivity contribution is 0.178. The highest BCUT2D eigenvalue weighted by molar-refractivity contribution is 6.29. The van der Waals surface area contributed by atoms with E-state index in [9.17, 15) is 0 Å². The second kappa shape index (κ2) is 8.25. The van der Waals surface area contributed by atoms with E-state index in [0.717, 1.165) is 18.8 Å². The number of rotatable bonds is 8. The maximum atomic E-state index is 5.90. The van der Waals surface area contributed by atoms with Crippen molar-refractivity contribution in [2.75, 3.05) is 19.0 Å². The summed E-state index contributed by atoms with van der Waals surface area (Å²) in [5.41, 5.74) is 0. The molecule has 1 rings (SSSR count). The first-order chi connectivity index (χ1) is 8.26. The van der Waals surface area contributed by atoms with Crippen LogP contribution in [0, 0.1) is 0 Å². The number of ether oxygens (including phenoxy) is 1. The third kappa shape index (κ3) is 5.84. The second-order valence-electron chi connectivity index (χ2n) is 3.91. The van der Waals surface area contributed by atoms with Crippen LogP contribution in [0.3, 0.4) is 0 Å². The molecule has 0 saturated carbocycles. The van der Waals surface area contributed by atoms with Gasteiger partial charge in [0.1, 0.15) is 17.6 Å². The zero-order valence-corrected chi connectivity index (χ0v) is 11.3. The van der Waals surface area contributed by atoms with Crippen LogP contribution in [0.1, 0.15) is 38.4 Å². The summed E-state index contributed by atoms with van der Waals surface area (Å²) in [6.45, 7) is 3.50. The van der Waals surface area contributed by atoms with Gasteiger partial charge in [0, 0.05) is 19.7 Å². The maximum Gasteiger partial charge on any atom is 0.158 e. The van der Waals surface area contributed by atoms with Gasteiger partial charge in [-0.15, -0.1) is 0 Å². The van der Waals surface area contributed by atoms with Crippen molar-refractivity contribution in [2.24, 2.45) is 0 Å². The van der Waals surface area contributed by atoms with Gasteiger partial charge in [0.05, 0.1) is 0 Å². The quantitative estimate of drug-likeness (QED) is 0.574. The predicted octanol–water partition coefficient (Wildman–Crippen LogP) is 3.27. The standard InChI is InChI=1S/C12H20ClN3O/c1-3-4-5-6-7-14-11-8-10(13)15-12(16-11)9-17-2/h8H,3-7,9H2,1-2H3,(H,14,15,16). The van der Waals surface area contributed by atoms with Crippen LogP contribution in [0.2, 0.25) is 5.15 Å². The summed E-state index contributed by atoms with van der Waals surface area (Å²) in [7, 11) is 1.61. The minimum Gasteiger partial charge on any atom is -0.377 e. The number of aromatic nitrogens is 2. The summed E-state index contributed by atoms with van der Waals surface area (Å²) >= 11 is 5.90. The minimum absolute atomic E-state index is 0.380. The zero-order valence-electron chi connectivity index (χ0n) is 10.5. The number of methoxy groups -OCH3 is 1. The Labute approximate surface area is 108 Å². The highest BCUT2D eigenvalue weighted by Gasteiger charge is 2.02. The molecule has 0 spiro atoms. The van der Waals surface area contributed by atoms with E-state index >= 15 is 0 Å². The lowest BCUT2D eigenvalue weighted by atomic mass is 10.2. The molecule has 0 amide bonds. The van der Waals surface area contributed by atoms with E-state index in [4.69, 9.17) is 16.3 Å². The fourth-order valence-electron chi connectivity index (χ4n) is 1.52. The number of hydrogen-bond donors (Lipinski definition) is 1. The molecule has 1 aromatic rings. The average Bonchev–Trinajstić information content (AvgIpc) is 2.28. The molecule has 0 aliphatic heterocycles. The van der Waals surface area contributed by atoms with Crippen molar-refractivity contribution in [1.29, 1.82) is 0 Å². The van der Waals surface area contributed by atoms with E-state index in [2.05, 4.69) is 22.2 Å². The Morgan fingerprint density at radius 1 is 1.29 bits per heavy atom. The van der Waals surface area contributed by atoms with Crippen molar-refractivity contribution in [3.8, 4) is 0 Å². The topological polar surface area (TPSA) is 47.0 Å². The lowest BCUT2D eigenvalue weighted by Crippen LogP contribution is -2.06. The van der Waals surface area contributed by atoms with E-state index in [0.29, 0.717) is 17.6 Å². The molecule has 0 atom stereocenters. The molecule has 0 radical (unpaired) electrons. The van der Waals surface area contributed by atoms with Gasteiger partial charge >= 0.3 is 0 Å². The fourth-order valence-corrected chi connectivity index (χ4v) is 1.72. The van der Waals surface area contributed by atoms with Gasteiger partial charge in [-0.3, -0.25) is 0 Å². The van der Waals surface area contributed by atoms with Crippen LogP contribution in [-0.2, 0) is 11.3 Å². The number of anilines is 1. The minimum atomic E-state index is 0.380. The van der Waals surface area contributed by atoms with E-state index in [1.807, 2.05) is 0 Å². The van der Waals surface area contributed by atoms with Crippen molar-refractivity contribution >= 4 is 17.4 Å². The Bertz CT molecular complexity index is 334. The van der Waals surface area contributed by atoms with Gasteiger partial charge in [0.25, 0.3) is 0 Å². The Morgan fingerprint density at radius 2 is 2.12 bits per heavy atom. The molecule has 1 N–H and O–H groups in total. The third-order valence-corrected chi connectivity index (χ3v) is 2.54. The molecule has 1 heterocycles. The van der Waals surface area contributed by atoms with Crippen molar-refractivity contribution < 1.29 is 4.74 Å². The van der Waals surface area contributed by atoms with E-state index in [1.54, 1.807) is 13.2 Å². The van der Waals surface area contributed by atoms with Crippen LogP contribution in [0.25, 0.3) is 0 Å². The van der Waals surface area contributed by atoms with Gasteiger partial charge in [0.2, 0.25) is 0 Å². The summed E-state index contributed by atoms with van der Waals surface area (Å²) in [6, 6.07) is 1.74. The predicted molar refractivity (Wildman–Crippen MR) is 70.4 cm³/mol. The molecule has 0 saturated heterocycles. The first kappa shape index (κ1) is 14.2. The fraction of sp³-hybridized carbons (Fsp3) is 0.667. The number of nitrogens with one attached hydrogen (secondary N) is 1. The van der Waals surface area contributed by atoms with Crippen molar-refractivity contribution in [3.05, 3.63) is 17.0 Å². The van der Waals surface area contributed by atoms with E-state index < -0.39 is 0 Å². The van der Waals surface area contributed by atoms with Crippen LogP contribution >= 0.6 is 11.6 Å². The normalized spacial score (nSPS) is 10.5. The van der Waals surface area contributed by atoms with Gasteiger partial charge in [-0.05, 0) is 6.42 Å².